The number of aliphatic carboxylic acids is 2. The van der Waals surface area contributed by atoms with Crippen molar-refractivity contribution in [3.63, 3.8) is 0 Å². The van der Waals surface area contributed by atoms with Gasteiger partial charge in [0, 0.05) is 12.2 Å². The molecule has 5 N–H and O–H groups in total. The zero-order valence-electron chi connectivity index (χ0n) is 9.13. The van der Waals surface area contributed by atoms with E-state index in [9.17, 15) is 14.4 Å². The summed E-state index contributed by atoms with van der Waals surface area (Å²) in [7, 11) is 0. The molecule has 0 unspecified atom stereocenters. The number of carbonyl (C=O) groups is 3. The van der Waals surface area contributed by atoms with Crippen LogP contribution in [0, 0.1) is 0 Å². The Hall–Kier alpha value is -1.28. The summed E-state index contributed by atoms with van der Waals surface area (Å²) in [5.41, 5.74) is 5.24. The summed E-state index contributed by atoms with van der Waals surface area (Å²) in [6.45, 7) is 0. The maximum Gasteiger partial charge on any atom is 0.327 e. The second-order valence-corrected chi connectivity index (χ2v) is 3.84. The van der Waals surface area contributed by atoms with Gasteiger partial charge >= 0.3 is 11.9 Å². The highest BCUT2D eigenvalue weighted by Gasteiger charge is 2.18. The minimum absolute atomic E-state index is 0.00425. The van der Waals surface area contributed by atoms with Crippen LogP contribution in [0.5, 0.6) is 0 Å². The first kappa shape index (κ1) is 15.7. The number of rotatable bonds is 8. The Labute approximate surface area is 104 Å². The molecule has 0 rings (SSSR count). The third kappa shape index (κ3) is 6.80. The SMILES string of the molecule is N[C@@H](CCCC(=O)N[C@@H](CS)C(=O)O)C(=O)O. The molecule has 0 aromatic rings. The summed E-state index contributed by atoms with van der Waals surface area (Å²) in [4.78, 5) is 32.2. The molecule has 0 radical (unpaired) electrons. The summed E-state index contributed by atoms with van der Waals surface area (Å²) >= 11 is 3.79. The Kier molecular flexibility index (Phi) is 7.31. The molecule has 7 nitrogen and oxygen atoms in total. The van der Waals surface area contributed by atoms with Crippen LogP contribution >= 0.6 is 12.6 Å². The van der Waals surface area contributed by atoms with Crippen LogP contribution in [0.1, 0.15) is 19.3 Å². The zero-order valence-corrected chi connectivity index (χ0v) is 10.0. The van der Waals surface area contributed by atoms with E-state index >= 15 is 0 Å². The number of nitrogens with one attached hydrogen (secondary N) is 1. The molecule has 1 amide bonds. The molecule has 0 saturated heterocycles. The molecular formula is C9H16N2O5S. The van der Waals surface area contributed by atoms with E-state index in [0.29, 0.717) is 0 Å². The van der Waals surface area contributed by atoms with Gasteiger partial charge < -0.3 is 21.3 Å². The molecule has 0 aromatic carbocycles. The normalized spacial score (nSPS) is 13.8. The van der Waals surface area contributed by atoms with Gasteiger partial charge in [-0.3, -0.25) is 9.59 Å². The van der Waals surface area contributed by atoms with Gasteiger partial charge in [-0.2, -0.15) is 12.6 Å². The summed E-state index contributed by atoms with van der Waals surface area (Å²) in [6, 6.07) is -2.03. The highest BCUT2D eigenvalue weighted by molar-refractivity contribution is 7.80. The second-order valence-electron chi connectivity index (χ2n) is 3.48. The molecule has 0 aliphatic rings. The Morgan fingerprint density at radius 3 is 2.24 bits per heavy atom. The van der Waals surface area contributed by atoms with Gasteiger partial charge in [-0.15, -0.1) is 0 Å². The van der Waals surface area contributed by atoms with E-state index in [1.807, 2.05) is 0 Å². The molecule has 0 aliphatic carbocycles. The average molecular weight is 264 g/mol. The number of amides is 1. The number of hydrogen-bond donors (Lipinski definition) is 5. The van der Waals surface area contributed by atoms with Crippen molar-refractivity contribution in [3.8, 4) is 0 Å². The maximum atomic E-state index is 11.3. The molecule has 8 heteroatoms. The molecule has 98 valence electrons. The van der Waals surface area contributed by atoms with Gasteiger partial charge in [0.25, 0.3) is 0 Å². The fourth-order valence-corrected chi connectivity index (χ4v) is 1.31. The summed E-state index contributed by atoms with van der Waals surface area (Å²) < 4.78 is 0. The van der Waals surface area contributed by atoms with E-state index in [-0.39, 0.29) is 25.0 Å². The largest absolute Gasteiger partial charge is 0.480 e. The molecular weight excluding hydrogens is 248 g/mol. The molecule has 0 aromatic heterocycles. The molecule has 0 saturated carbocycles. The fourth-order valence-electron chi connectivity index (χ4n) is 1.06. The Bertz CT molecular complexity index is 297. The topological polar surface area (TPSA) is 130 Å². The number of hydrogen-bond acceptors (Lipinski definition) is 5. The molecule has 0 heterocycles. The fraction of sp³-hybridized carbons (Fsp3) is 0.667. The van der Waals surface area contributed by atoms with Crippen molar-refractivity contribution in [1.82, 2.24) is 5.32 Å². The van der Waals surface area contributed by atoms with Crippen LogP contribution in [0.15, 0.2) is 0 Å². The van der Waals surface area contributed by atoms with E-state index in [0.717, 1.165) is 0 Å². The summed E-state index contributed by atoms with van der Waals surface area (Å²) in [5.74, 6) is -2.74. The van der Waals surface area contributed by atoms with Crippen LogP contribution in [0.2, 0.25) is 0 Å². The average Bonchev–Trinajstić information content (AvgIpc) is 2.25. The lowest BCUT2D eigenvalue weighted by molar-refractivity contribution is -0.141. The highest BCUT2D eigenvalue weighted by Crippen LogP contribution is 2.00. The first-order valence-electron chi connectivity index (χ1n) is 5.00. The predicted octanol–water partition coefficient (Wildman–Crippen LogP) is -0.932. The lowest BCUT2D eigenvalue weighted by Crippen LogP contribution is -2.42. The summed E-state index contributed by atoms with van der Waals surface area (Å²) in [6.07, 6.45) is 0.498. The van der Waals surface area contributed by atoms with Crippen molar-refractivity contribution in [2.45, 2.75) is 31.3 Å². The van der Waals surface area contributed by atoms with E-state index in [1.54, 1.807) is 0 Å². The van der Waals surface area contributed by atoms with Crippen LogP contribution in [0.25, 0.3) is 0 Å². The molecule has 0 bridgehead atoms. The third-order valence-electron chi connectivity index (χ3n) is 2.05. The van der Waals surface area contributed by atoms with Gasteiger partial charge in [-0.1, -0.05) is 0 Å². The number of thiol groups is 1. The van der Waals surface area contributed by atoms with Gasteiger partial charge in [-0.05, 0) is 12.8 Å². The minimum atomic E-state index is -1.16. The van der Waals surface area contributed by atoms with Gasteiger partial charge in [0.15, 0.2) is 0 Å². The molecule has 0 spiro atoms. The van der Waals surface area contributed by atoms with Crippen molar-refractivity contribution in [1.29, 1.82) is 0 Å². The first-order chi connectivity index (χ1) is 7.88. The number of carboxylic acids is 2. The second kappa shape index (κ2) is 7.91. The van der Waals surface area contributed by atoms with Crippen LogP contribution < -0.4 is 11.1 Å². The molecule has 17 heavy (non-hydrogen) atoms. The minimum Gasteiger partial charge on any atom is -0.480 e. The Morgan fingerprint density at radius 2 is 1.82 bits per heavy atom. The van der Waals surface area contributed by atoms with Crippen molar-refractivity contribution in [2.75, 3.05) is 5.75 Å². The smallest absolute Gasteiger partial charge is 0.327 e. The van der Waals surface area contributed by atoms with Gasteiger partial charge in [0.1, 0.15) is 12.1 Å². The van der Waals surface area contributed by atoms with E-state index in [4.69, 9.17) is 15.9 Å². The van der Waals surface area contributed by atoms with Crippen LogP contribution in [-0.4, -0.2) is 45.9 Å². The zero-order chi connectivity index (χ0) is 13.4. The van der Waals surface area contributed by atoms with Crippen molar-refractivity contribution < 1.29 is 24.6 Å². The first-order valence-corrected chi connectivity index (χ1v) is 5.63. The van der Waals surface area contributed by atoms with Crippen LogP contribution in [0.4, 0.5) is 0 Å². The standard InChI is InChI=1S/C9H16N2O5S/c10-5(8(13)14)2-1-3-7(12)11-6(4-17)9(15)16/h5-6,17H,1-4,10H2,(H,11,12)(H,13,14)(H,15,16)/t5-,6-/m0/s1. The van der Waals surface area contributed by atoms with Crippen molar-refractivity contribution in [2.24, 2.45) is 5.73 Å². The van der Waals surface area contributed by atoms with Gasteiger partial charge in [0.05, 0.1) is 0 Å². The van der Waals surface area contributed by atoms with Gasteiger partial charge in [0.2, 0.25) is 5.91 Å². The van der Waals surface area contributed by atoms with Crippen LogP contribution in [0.3, 0.4) is 0 Å². The Balaban J connectivity index is 3.87. The molecule has 0 aliphatic heterocycles. The third-order valence-corrected chi connectivity index (χ3v) is 2.42. The van der Waals surface area contributed by atoms with Crippen molar-refractivity contribution >= 4 is 30.5 Å². The van der Waals surface area contributed by atoms with E-state index < -0.39 is 29.9 Å². The highest BCUT2D eigenvalue weighted by atomic mass is 32.1. The van der Waals surface area contributed by atoms with E-state index in [1.165, 1.54) is 0 Å². The number of nitrogens with two attached hydrogens (primary N) is 1. The number of carboxylic acid groups (broad SMARTS) is 2. The maximum absolute atomic E-state index is 11.3. The lowest BCUT2D eigenvalue weighted by Gasteiger charge is -2.12. The lowest BCUT2D eigenvalue weighted by atomic mass is 10.1. The van der Waals surface area contributed by atoms with Gasteiger partial charge in [-0.25, -0.2) is 4.79 Å². The predicted molar refractivity (Wildman–Crippen MR) is 62.9 cm³/mol. The summed E-state index contributed by atoms with van der Waals surface area (Å²) in [5, 5.41) is 19.4. The van der Waals surface area contributed by atoms with Crippen LogP contribution in [-0.2, 0) is 14.4 Å². The number of carbonyl (C=O) groups excluding carboxylic acids is 1. The quantitative estimate of drug-likeness (QED) is 0.360. The monoisotopic (exact) mass is 264 g/mol. The molecule has 2 atom stereocenters. The Morgan fingerprint density at radius 1 is 1.24 bits per heavy atom. The van der Waals surface area contributed by atoms with E-state index in [2.05, 4.69) is 17.9 Å². The van der Waals surface area contributed by atoms with Crippen molar-refractivity contribution in [3.05, 3.63) is 0 Å². The molecule has 0 fully saturated rings.